The minimum Gasteiger partial charge on any atom is -0.285 e. The van der Waals surface area contributed by atoms with Gasteiger partial charge < -0.3 is 0 Å². The summed E-state index contributed by atoms with van der Waals surface area (Å²) in [6.45, 7) is 0. The molecule has 64 valence electrons. The van der Waals surface area contributed by atoms with Crippen LogP contribution in [-0.4, -0.2) is 24.6 Å². The summed E-state index contributed by atoms with van der Waals surface area (Å²) in [5.74, 6) is 0.720. The van der Waals surface area contributed by atoms with Crippen LogP contribution in [0.2, 0.25) is 0 Å². The number of nitrogens with zero attached hydrogens (tertiary/aromatic N) is 1. The Hall–Kier alpha value is -1.51. The number of nitrogens with two attached hydrogens (primary N) is 1. The van der Waals surface area contributed by atoms with Crippen molar-refractivity contribution in [3.8, 4) is 0 Å². The second kappa shape index (κ2) is 3.76. The molecule has 0 aliphatic rings. The molecule has 0 heterocycles. The third kappa shape index (κ3) is 1.75. The Balaban J connectivity index is 3.00. The molecule has 0 saturated heterocycles. The molecule has 0 unspecified atom stereocenters. The van der Waals surface area contributed by atoms with E-state index in [2.05, 4.69) is 5.43 Å². The van der Waals surface area contributed by atoms with Gasteiger partial charge in [0.2, 0.25) is 0 Å². The fourth-order valence-corrected chi connectivity index (χ4v) is 0.923. The van der Waals surface area contributed by atoms with Gasteiger partial charge in [-0.1, -0.05) is 18.2 Å². The van der Waals surface area contributed by atoms with Crippen molar-refractivity contribution < 1.29 is 4.68 Å². The molecule has 1 rings (SSSR count). The number of hydrogen-bond donors (Lipinski definition) is 2. The van der Waals surface area contributed by atoms with Crippen molar-refractivity contribution in [2.45, 2.75) is 0 Å². The van der Waals surface area contributed by atoms with Crippen molar-refractivity contribution in [3.63, 3.8) is 0 Å². The van der Waals surface area contributed by atoms with Crippen LogP contribution in [0.1, 0.15) is 5.56 Å². The molecule has 0 spiro atoms. The Labute approximate surface area is 72.5 Å². The molecule has 1 aromatic rings. The number of amidine groups is 1. The van der Waals surface area contributed by atoms with Crippen LogP contribution in [0.4, 0.5) is 0 Å². The fourth-order valence-electron chi connectivity index (χ4n) is 0.923. The Morgan fingerprint density at radius 1 is 1.33 bits per heavy atom. The third-order valence-electron chi connectivity index (χ3n) is 1.77. The highest BCUT2D eigenvalue weighted by atomic mass is 15.4. The highest BCUT2D eigenvalue weighted by Crippen LogP contribution is 1.95. The van der Waals surface area contributed by atoms with Crippen LogP contribution in [0.15, 0.2) is 30.3 Å². The zero-order chi connectivity index (χ0) is 8.97. The molecule has 0 aromatic heterocycles. The molecule has 0 fully saturated rings. The summed E-state index contributed by atoms with van der Waals surface area (Å²) >= 11 is 0. The van der Waals surface area contributed by atoms with Crippen LogP contribution in [0, 0.1) is 0 Å². The normalized spacial score (nSPS) is 12.2. The minimum absolute atomic E-state index is 0.720. The number of hydrogen-bond acceptors (Lipinski definition) is 1. The summed E-state index contributed by atoms with van der Waals surface area (Å²) in [5.41, 5.74) is 9.79. The minimum atomic E-state index is 0.720. The molecule has 0 amide bonds. The highest BCUT2D eigenvalue weighted by Gasteiger charge is 2.04. The second-order valence-corrected chi connectivity index (χ2v) is 2.53. The fraction of sp³-hybridized carbons (Fsp3) is 0.222. The predicted molar refractivity (Wildman–Crippen MR) is 50.0 cm³/mol. The zero-order valence-corrected chi connectivity index (χ0v) is 7.41. The first-order chi connectivity index (χ1) is 5.75. The van der Waals surface area contributed by atoms with Gasteiger partial charge in [-0.05, 0) is 12.1 Å². The number of rotatable bonds is 2. The van der Waals surface area contributed by atoms with E-state index in [9.17, 15) is 0 Å². The molecule has 0 aliphatic carbocycles. The molecule has 0 atom stereocenters. The van der Waals surface area contributed by atoms with Gasteiger partial charge >= 0.3 is 0 Å². The van der Waals surface area contributed by atoms with E-state index in [1.165, 1.54) is 0 Å². The van der Waals surface area contributed by atoms with E-state index in [1.807, 2.05) is 44.4 Å². The molecule has 12 heavy (non-hydrogen) atoms. The van der Waals surface area contributed by atoms with E-state index in [0.717, 1.165) is 11.4 Å². The van der Waals surface area contributed by atoms with Gasteiger partial charge in [0.25, 0.3) is 5.84 Å². The Morgan fingerprint density at radius 3 is 2.42 bits per heavy atom. The van der Waals surface area contributed by atoms with Gasteiger partial charge in [0, 0.05) is 7.05 Å². The first kappa shape index (κ1) is 8.59. The van der Waals surface area contributed by atoms with Crippen molar-refractivity contribution in [3.05, 3.63) is 35.9 Å². The molecule has 0 aliphatic heterocycles. The largest absolute Gasteiger partial charge is 0.297 e. The van der Waals surface area contributed by atoms with Crippen molar-refractivity contribution in [2.24, 2.45) is 5.73 Å². The molecule has 3 heteroatoms. The maximum atomic E-state index is 5.83. The van der Waals surface area contributed by atoms with E-state index < -0.39 is 0 Å². The van der Waals surface area contributed by atoms with Gasteiger partial charge in [-0.3, -0.25) is 11.2 Å². The average molecular weight is 164 g/mol. The molecule has 1 aromatic carbocycles. The Morgan fingerprint density at radius 2 is 1.92 bits per heavy atom. The molecule has 0 saturated carbocycles. The SMILES string of the molecule is CN/[N+](C)=C(\N)c1ccccc1. The molecular formula is C9H14N3+. The molecule has 3 N–H and O–H groups in total. The quantitative estimate of drug-likeness (QED) is 0.283. The van der Waals surface area contributed by atoms with E-state index in [-0.39, 0.29) is 0 Å². The van der Waals surface area contributed by atoms with Gasteiger partial charge in [0.05, 0.1) is 5.56 Å². The predicted octanol–water partition coefficient (Wildman–Crippen LogP) is 0.169. The van der Waals surface area contributed by atoms with Crippen molar-refractivity contribution in [1.82, 2.24) is 5.43 Å². The summed E-state index contributed by atoms with van der Waals surface area (Å²) in [6.07, 6.45) is 0. The topological polar surface area (TPSA) is 41.1 Å². The maximum absolute atomic E-state index is 5.83. The van der Waals surface area contributed by atoms with Crippen LogP contribution in [0.25, 0.3) is 0 Å². The summed E-state index contributed by atoms with van der Waals surface area (Å²) in [7, 11) is 3.71. The van der Waals surface area contributed by atoms with Crippen LogP contribution in [0.5, 0.6) is 0 Å². The number of benzene rings is 1. The first-order valence-corrected chi connectivity index (χ1v) is 3.84. The zero-order valence-electron chi connectivity index (χ0n) is 7.41. The van der Waals surface area contributed by atoms with E-state index in [1.54, 1.807) is 4.68 Å². The summed E-state index contributed by atoms with van der Waals surface area (Å²) in [6, 6.07) is 9.85. The number of hydrazone groups is 1. The smallest absolute Gasteiger partial charge is 0.285 e. The van der Waals surface area contributed by atoms with Crippen molar-refractivity contribution in [1.29, 1.82) is 0 Å². The van der Waals surface area contributed by atoms with Gasteiger partial charge in [0.15, 0.2) is 0 Å². The lowest BCUT2D eigenvalue weighted by atomic mass is 10.2. The van der Waals surface area contributed by atoms with Crippen LogP contribution < -0.4 is 11.2 Å². The summed E-state index contributed by atoms with van der Waals surface area (Å²) in [4.78, 5) is 0. The summed E-state index contributed by atoms with van der Waals surface area (Å²) in [5, 5.41) is 0. The van der Waals surface area contributed by atoms with Crippen molar-refractivity contribution in [2.75, 3.05) is 14.1 Å². The second-order valence-electron chi connectivity index (χ2n) is 2.53. The van der Waals surface area contributed by atoms with Gasteiger partial charge in [0.1, 0.15) is 7.05 Å². The monoisotopic (exact) mass is 164 g/mol. The lowest BCUT2D eigenvalue weighted by Gasteiger charge is -2.01. The molecule has 0 radical (unpaired) electrons. The van der Waals surface area contributed by atoms with Gasteiger partial charge in [-0.15, -0.1) is 0 Å². The molecule has 3 nitrogen and oxygen atoms in total. The summed E-state index contributed by atoms with van der Waals surface area (Å²) < 4.78 is 1.77. The maximum Gasteiger partial charge on any atom is 0.297 e. The lowest BCUT2D eigenvalue weighted by Crippen LogP contribution is -2.33. The van der Waals surface area contributed by atoms with Gasteiger partial charge in [-0.25, -0.2) is 0 Å². The molecule has 0 bridgehead atoms. The van der Waals surface area contributed by atoms with E-state index >= 15 is 0 Å². The van der Waals surface area contributed by atoms with E-state index in [0.29, 0.717) is 0 Å². The number of nitrogens with one attached hydrogen (secondary N) is 1. The van der Waals surface area contributed by atoms with Crippen LogP contribution in [-0.2, 0) is 0 Å². The van der Waals surface area contributed by atoms with E-state index in [4.69, 9.17) is 5.73 Å². The van der Waals surface area contributed by atoms with Gasteiger partial charge in [-0.2, -0.15) is 4.68 Å². The van der Waals surface area contributed by atoms with Crippen LogP contribution >= 0.6 is 0 Å². The van der Waals surface area contributed by atoms with Crippen LogP contribution in [0.3, 0.4) is 0 Å². The first-order valence-electron chi connectivity index (χ1n) is 3.84. The molecular weight excluding hydrogens is 150 g/mol. The third-order valence-corrected chi connectivity index (χ3v) is 1.77. The Kier molecular flexibility index (Phi) is 2.69. The Bertz CT molecular complexity index is 277. The average Bonchev–Trinajstić information content (AvgIpc) is 2.17. The standard InChI is InChI=1S/C9H13N3/c1-11-12(2)9(10)8-6-4-3-5-7-8/h3-7,10-11H,1-2H3/p+1. The highest BCUT2D eigenvalue weighted by molar-refractivity contribution is 5.93. The lowest BCUT2D eigenvalue weighted by molar-refractivity contribution is -0.555. The van der Waals surface area contributed by atoms with Crippen molar-refractivity contribution >= 4 is 5.84 Å². The number of hydrazine groups is 1.